The predicted octanol–water partition coefficient (Wildman–Crippen LogP) is 4.45. The molecule has 1 aliphatic rings. The molecular weight excluding hydrogens is 403 g/mol. The van der Waals surface area contributed by atoms with Crippen LogP contribution < -0.4 is 15.0 Å². The van der Waals surface area contributed by atoms with E-state index in [9.17, 15) is 14.0 Å². The van der Waals surface area contributed by atoms with Gasteiger partial charge in [-0.15, -0.1) is 0 Å². The summed E-state index contributed by atoms with van der Waals surface area (Å²) in [6.07, 6.45) is 1.40. The number of halogens is 1. The third-order valence-corrected chi connectivity index (χ3v) is 4.64. The van der Waals surface area contributed by atoms with Crippen molar-refractivity contribution < 1.29 is 18.7 Å². The zero-order valence-corrected chi connectivity index (χ0v) is 16.4. The third kappa shape index (κ3) is 4.11. The molecule has 1 fully saturated rings. The van der Waals surface area contributed by atoms with E-state index in [0.717, 1.165) is 0 Å². The average Bonchev–Trinajstić information content (AvgIpc) is 2.74. The van der Waals surface area contributed by atoms with Gasteiger partial charge >= 0.3 is 0 Å². The fourth-order valence-electron chi connectivity index (χ4n) is 2.91. The number of hydrogen-bond donors (Lipinski definition) is 1. The maximum Gasteiger partial charge on any atom is 0.270 e. The minimum Gasteiger partial charge on any atom is -0.457 e. The topological polar surface area (TPSA) is 58.6 Å². The second kappa shape index (κ2) is 8.26. The number of ether oxygens (including phenoxy) is 1. The molecule has 5 nitrogen and oxygen atoms in total. The molecule has 1 saturated heterocycles. The maximum absolute atomic E-state index is 13.1. The van der Waals surface area contributed by atoms with E-state index >= 15 is 0 Å². The van der Waals surface area contributed by atoms with Gasteiger partial charge in [-0.05, 0) is 72.4 Å². The number of rotatable bonds is 4. The van der Waals surface area contributed by atoms with Crippen molar-refractivity contribution >= 4 is 40.9 Å². The fourth-order valence-corrected chi connectivity index (χ4v) is 3.19. The molecule has 2 amide bonds. The van der Waals surface area contributed by atoms with Gasteiger partial charge in [0, 0.05) is 0 Å². The van der Waals surface area contributed by atoms with Crippen LogP contribution in [-0.4, -0.2) is 16.9 Å². The quantitative estimate of drug-likeness (QED) is 0.386. The molecule has 1 N–H and O–H groups in total. The second-order valence-electron chi connectivity index (χ2n) is 6.42. The Kier molecular flexibility index (Phi) is 5.36. The van der Waals surface area contributed by atoms with Crippen LogP contribution in [0.15, 0.2) is 84.4 Å². The molecule has 0 atom stereocenters. The summed E-state index contributed by atoms with van der Waals surface area (Å²) in [5.41, 5.74) is 0.907. The number of nitrogens with zero attached hydrogens (tertiary/aromatic N) is 1. The second-order valence-corrected chi connectivity index (χ2v) is 6.81. The van der Waals surface area contributed by atoms with E-state index in [-0.39, 0.29) is 10.7 Å². The molecule has 148 valence electrons. The Hall–Kier alpha value is -3.84. The highest BCUT2D eigenvalue weighted by Gasteiger charge is 2.34. The molecule has 0 radical (unpaired) electrons. The Balaban J connectivity index is 1.59. The molecule has 1 heterocycles. The number of amides is 2. The third-order valence-electron chi connectivity index (χ3n) is 4.36. The van der Waals surface area contributed by atoms with Gasteiger partial charge in [-0.25, -0.2) is 4.39 Å². The monoisotopic (exact) mass is 418 g/mol. The van der Waals surface area contributed by atoms with Crippen LogP contribution in [-0.2, 0) is 9.59 Å². The van der Waals surface area contributed by atoms with E-state index in [2.05, 4.69) is 5.32 Å². The van der Waals surface area contributed by atoms with Crippen LogP contribution in [0.5, 0.6) is 11.5 Å². The number of thiocarbonyl (C=S) groups is 1. The van der Waals surface area contributed by atoms with Gasteiger partial charge in [-0.2, -0.15) is 0 Å². The summed E-state index contributed by atoms with van der Waals surface area (Å²) in [5, 5.41) is 2.50. The first-order valence-electron chi connectivity index (χ1n) is 9.01. The lowest BCUT2D eigenvalue weighted by Gasteiger charge is -2.29. The van der Waals surface area contributed by atoms with Crippen molar-refractivity contribution in [2.75, 3.05) is 4.90 Å². The largest absolute Gasteiger partial charge is 0.457 e. The number of para-hydroxylation sites is 1. The summed E-state index contributed by atoms with van der Waals surface area (Å²) in [7, 11) is 0. The molecule has 0 bridgehead atoms. The average molecular weight is 418 g/mol. The predicted molar refractivity (Wildman–Crippen MR) is 116 cm³/mol. The summed E-state index contributed by atoms with van der Waals surface area (Å²) in [6, 6.07) is 21.5. The van der Waals surface area contributed by atoms with Crippen LogP contribution in [0, 0.1) is 5.82 Å². The zero-order chi connectivity index (χ0) is 21.1. The van der Waals surface area contributed by atoms with Crippen molar-refractivity contribution in [3.8, 4) is 11.5 Å². The number of anilines is 1. The minimum absolute atomic E-state index is 0.0158. The molecule has 1 aliphatic heterocycles. The van der Waals surface area contributed by atoms with Crippen LogP contribution in [0.2, 0.25) is 0 Å². The summed E-state index contributed by atoms with van der Waals surface area (Å²) < 4.78 is 18.9. The lowest BCUT2D eigenvalue weighted by molar-refractivity contribution is -0.122. The maximum atomic E-state index is 13.1. The van der Waals surface area contributed by atoms with Gasteiger partial charge in [0.1, 0.15) is 22.9 Å². The van der Waals surface area contributed by atoms with Gasteiger partial charge in [0.05, 0.1) is 5.69 Å². The summed E-state index contributed by atoms with van der Waals surface area (Å²) >= 11 is 5.20. The first-order valence-corrected chi connectivity index (χ1v) is 9.42. The first-order chi connectivity index (χ1) is 14.5. The van der Waals surface area contributed by atoms with Crippen molar-refractivity contribution in [3.05, 3.63) is 95.8 Å². The molecule has 0 unspecified atom stereocenters. The van der Waals surface area contributed by atoms with E-state index in [0.29, 0.717) is 22.7 Å². The molecule has 3 aromatic carbocycles. The number of carbonyl (C=O) groups excluding carboxylic acids is 2. The summed E-state index contributed by atoms with van der Waals surface area (Å²) in [6.45, 7) is 0. The Morgan fingerprint density at radius 3 is 2.17 bits per heavy atom. The molecule has 30 heavy (non-hydrogen) atoms. The van der Waals surface area contributed by atoms with Crippen molar-refractivity contribution in [2.24, 2.45) is 0 Å². The van der Waals surface area contributed by atoms with Gasteiger partial charge in [0.15, 0.2) is 5.11 Å². The van der Waals surface area contributed by atoms with E-state index < -0.39 is 17.6 Å². The van der Waals surface area contributed by atoms with E-state index in [4.69, 9.17) is 17.0 Å². The van der Waals surface area contributed by atoms with Crippen molar-refractivity contribution in [2.45, 2.75) is 0 Å². The number of carbonyl (C=O) groups is 2. The van der Waals surface area contributed by atoms with E-state index in [1.54, 1.807) is 24.3 Å². The van der Waals surface area contributed by atoms with E-state index in [1.807, 2.05) is 30.3 Å². The summed E-state index contributed by atoms with van der Waals surface area (Å²) in [5.74, 6) is -0.297. The Morgan fingerprint density at radius 1 is 0.867 bits per heavy atom. The van der Waals surface area contributed by atoms with Crippen molar-refractivity contribution in [1.29, 1.82) is 0 Å². The Labute approximate surface area is 177 Å². The van der Waals surface area contributed by atoms with Crippen molar-refractivity contribution in [3.63, 3.8) is 0 Å². The van der Waals surface area contributed by atoms with Crippen molar-refractivity contribution in [1.82, 2.24) is 5.32 Å². The summed E-state index contributed by atoms with van der Waals surface area (Å²) in [4.78, 5) is 26.5. The van der Waals surface area contributed by atoms with Gasteiger partial charge in [-0.1, -0.05) is 30.3 Å². The fraction of sp³-hybridized carbons (Fsp3) is 0. The normalized spacial score (nSPS) is 15.3. The van der Waals surface area contributed by atoms with Crippen LogP contribution in [0.4, 0.5) is 10.1 Å². The Morgan fingerprint density at radius 2 is 1.50 bits per heavy atom. The SMILES string of the molecule is O=C1NC(=S)N(c2ccc(Oc3ccccc3)cc2)C(=O)/C1=C/c1ccc(F)cc1. The lowest BCUT2D eigenvalue weighted by atomic mass is 10.1. The molecule has 0 aliphatic carbocycles. The number of nitrogens with one attached hydrogen (secondary N) is 1. The smallest absolute Gasteiger partial charge is 0.270 e. The van der Waals surface area contributed by atoms with Gasteiger partial charge < -0.3 is 4.74 Å². The molecule has 4 rings (SSSR count). The van der Waals surface area contributed by atoms with Crippen LogP contribution in [0.1, 0.15) is 5.56 Å². The first kappa shape index (κ1) is 19.5. The standard InChI is InChI=1S/C23H15FN2O3S/c24-16-8-6-15(7-9-16)14-20-21(27)25-23(30)26(22(20)28)17-10-12-19(13-11-17)29-18-4-2-1-3-5-18/h1-14H,(H,25,27,30)/b20-14+. The van der Waals surface area contributed by atoms with Gasteiger partial charge in [-0.3, -0.25) is 19.8 Å². The van der Waals surface area contributed by atoms with Crippen LogP contribution in [0.25, 0.3) is 6.08 Å². The van der Waals surface area contributed by atoms with Gasteiger partial charge in [0.2, 0.25) is 0 Å². The molecule has 0 saturated carbocycles. The number of hydrogen-bond acceptors (Lipinski definition) is 4. The molecular formula is C23H15FN2O3S. The molecule has 7 heteroatoms. The van der Waals surface area contributed by atoms with Crippen LogP contribution >= 0.6 is 12.2 Å². The molecule has 3 aromatic rings. The van der Waals surface area contributed by atoms with Gasteiger partial charge in [0.25, 0.3) is 11.8 Å². The lowest BCUT2D eigenvalue weighted by Crippen LogP contribution is -2.54. The molecule has 0 aromatic heterocycles. The van der Waals surface area contributed by atoms with E-state index in [1.165, 1.54) is 35.2 Å². The Bertz CT molecular complexity index is 1140. The highest BCUT2D eigenvalue weighted by atomic mass is 32.1. The minimum atomic E-state index is -0.602. The highest BCUT2D eigenvalue weighted by Crippen LogP contribution is 2.27. The number of benzene rings is 3. The van der Waals surface area contributed by atoms with Crippen LogP contribution in [0.3, 0.4) is 0 Å². The molecule has 0 spiro atoms. The zero-order valence-electron chi connectivity index (χ0n) is 15.5. The highest BCUT2D eigenvalue weighted by molar-refractivity contribution is 7.80.